The molecule has 0 bridgehead atoms. The molecule has 0 aromatic heterocycles. The van der Waals surface area contributed by atoms with E-state index in [9.17, 15) is 9.59 Å². The van der Waals surface area contributed by atoms with Crippen molar-refractivity contribution in [3.8, 4) is 11.5 Å². The van der Waals surface area contributed by atoms with Crippen molar-refractivity contribution in [1.29, 1.82) is 0 Å². The number of hydrogen-bond donors (Lipinski definition) is 1. The molecule has 1 N–H and O–H groups in total. The van der Waals surface area contributed by atoms with Gasteiger partial charge in [0.05, 0.1) is 17.2 Å². The van der Waals surface area contributed by atoms with Gasteiger partial charge in [0.15, 0.2) is 23.3 Å². The molecule has 1 aliphatic heterocycles. The highest BCUT2D eigenvalue weighted by Crippen LogP contribution is 2.36. The summed E-state index contributed by atoms with van der Waals surface area (Å²) in [6.45, 7) is 6.39. The quantitative estimate of drug-likeness (QED) is 0.544. The number of nitrogens with zero attached hydrogens (tertiary/aromatic N) is 2. The fourth-order valence-corrected chi connectivity index (χ4v) is 4.06. The number of carboxylic acid groups (broad SMARTS) is 1. The minimum Gasteiger partial charge on any atom is -0.490 e. The Balaban J connectivity index is 1.89. The van der Waals surface area contributed by atoms with Crippen LogP contribution >= 0.6 is 11.8 Å². The van der Waals surface area contributed by atoms with E-state index < -0.39 is 12.6 Å². The van der Waals surface area contributed by atoms with Crippen LogP contribution in [-0.2, 0) is 9.59 Å². The number of carbonyl (C=O) groups is 2. The first-order valence-corrected chi connectivity index (χ1v) is 11.2. The number of aliphatic carboxylic acids is 1. The summed E-state index contributed by atoms with van der Waals surface area (Å²) < 4.78 is 10.9. The topological polar surface area (TPSA) is 88.4 Å². The van der Waals surface area contributed by atoms with Gasteiger partial charge in [-0.05, 0) is 67.9 Å². The van der Waals surface area contributed by atoms with E-state index in [1.54, 1.807) is 29.2 Å². The molecule has 2 aromatic carbocycles. The van der Waals surface area contributed by atoms with E-state index in [0.29, 0.717) is 34.7 Å². The van der Waals surface area contributed by atoms with Crippen LogP contribution in [0.3, 0.4) is 0 Å². The van der Waals surface area contributed by atoms with Crippen molar-refractivity contribution in [1.82, 2.24) is 4.90 Å². The number of ether oxygens (including phenoxy) is 2. The van der Waals surface area contributed by atoms with Crippen molar-refractivity contribution in [2.75, 3.05) is 19.8 Å². The lowest BCUT2D eigenvalue weighted by Gasteiger charge is -2.14. The van der Waals surface area contributed by atoms with Gasteiger partial charge in [0.1, 0.15) is 0 Å². The number of rotatable bonds is 9. The molecule has 0 radical (unpaired) electrons. The Labute approximate surface area is 191 Å². The highest BCUT2D eigenvalue weighted by atomic mass is 32.2. The molecule has 0 atom stereocenters. The van der Waals surface area contributed by atoms with Gasteiger partial charge in [-0.3, -0.25) is 9.69 Å². The zero-order chi connectivity index (χ0) is 23.1. The molecule has 8 heteroatoms. The number of amides is 1. The summed E-state index contributed by atoms with van der Waals surface area (Å²) in [6, 6.07) is 13.0. The zero-order valence-corrected chi connectivity index (χ0v) is 19.1. The maximum atomic E-state index is 13.0. The maximum Gasteiger partial charge on any atom is 0.341 e. The molecule has 1 aliphatic rings. The Morgan fingerprint density at radius 3 is 2.53 bits per heavy atom. The highest BCUT2D eigenvalue weighted by molar-refractivity contribution is 8.18. The first kappa shape index (κ1) is 23.4. The van der Waals surface area contributed by atoms with Gasteiger partial charge in [-0.2, -0.15) is 0 Å². The highest BCUT2D eigenvalue weighted by Gasteiger charge is 2.32. The molecule has 3 rings (SSSR count). The lowest BCUT2D eigenvalue weighted by atomic mass is 10.2. The minimum atomic E-state index is -1.07. The van der Waals surface area contributed by atoms with Crippen LogP contribution in [0.2, 0.25) is 0 Å². The van der Waals surface area contributed by atoms with Gasteiger partial charge >= 0.3 is 5.97 Å². The Bertz CT molecular complexity index is 1050. The van der Waals surface area contributed by atoms with E-state index in [4.69, 9.17) is 14.6 Å². The van der Waals surface area contributed by atoms with Crippen LogP contribution in [0.4, 0.5) is 5.69 Å². The van der Waals surface area contributed by atoms with Gasteiger partial charge in [0.25, 0.3) is 5.91 Å². The van der Waals surface area contributed by atoms with Gasteiger partial charge < -0.3 is 14.6 Å². The van der Waals surface area contributed by atoms with E-state index in [-0.39, 0.29) is 5.91 Å². The smallest absolute Gasteiger partial charge is 0.341 e. The van der Waals surface area contributed by atoms with E-state index in [1.165, 1.54) is 11.8 Å². The summed E-state index contributed by atoms with van der Waals surface area (Å²) in [4.78, 5) is 30.8. The molecule has 0 aliphatic carbocycles. The number of amidine groups is 1. The Hall–Kier alpha value is -3.26. The monoisotopic (exact) mass is 454 g/mol. The van der Waals surface area contributed by atoms with Gasteiger partial charge in [0, 0.05) is 6.54 Å². The van der Waals surface area contributed by atoms with Crippen molar-refractivity contribution in [2.24, 2.45) is 4.99 Å². The summed E-state index contributed by atoms with van der Waals surface area (Å²) >= 11 is 1.34. The normalized spacial score (nSPS) is 16.1. The van der Waals surface area contributed by atoms with Gasteiger partial charge in [0.2, 0.25) is 0 Å². The van der Waals surface area contributed by atoms with Crippen molar-refractivity contribution in [3.63, 3.8) is 0 Å². The molecule has 7 nitrogen and oxygen atoms in total. The molecular formula is C24H26N2O5S. The molecule has 2 aromatic rings. The van der Waals surface area contributed by atoms with Crippen LogP contribution in [0.1, 0.15) is 31.4 Å². The third-order valence-electron chi connectivity index (χ3n) is 4.51. The number of benzene rings is 2. The average molecular weight is 455 g/mol. The van der Waals surface area contributed by atoms with Crippen molar-refractivity contribution in [3.05, 3.63) is 58.5 Å². The lowest BCUT2D eigenvalue weighted by molar-refractivity contribution is -0.139. The van der Waals surface area contributed by atoms with E-state index in [0.717, 1.165) is 23.2 Å². The van der Waals surface area contributed by atoms with Crippen molar-refractivity contribution in [2.45, 2.75) is 27.2 Å². The molecular weight excluding hydrogens is 428 g/mol. The number of carboxylic acids is 1. The predicted molar refractivity (Wildman–Crippen MR) is 127 cm³/mol. The number of thioether (sulfide) groups is 1. The van der Waals surface area contributed by atoms with Crippen molar-refractivity contribution < 1.29 is 24.2 Å². The van der Waals surface area contributed by atoms with Crippen molar-refractivity contribution >= 4 is 40.6 Å². The fourth-order valence-electron chi connectivity index (χ4n) is 3.03. The molecule has 1 heterocycles. The predicted octanol–water partition coefficient (Wildman–Crippen LogP) is 4.87. The number of aliphatic imine (C=N–C) groups is 1. The Morgan fingerprint density at radius 2 is 1.88 bits per heavy atom. The molecule has 0 unspecified atom stereocenters. The first-order valence-electron chi connectivity index (χ1n) is 10.4. The number of hydrogen-bond acceptors (Lipinski definition) is 6. The van der Waals surface area contributed by atoms with E-state index >= 15 is 0 Å². The number of carbonyl (C=O) groups excluding carboxylic acids is 1. The summed E-state index contributed by atoms with van der Waals surface area (Å²) in [5, 5.41) is 9.50. The Kier molecular flexibility index (Phi) is 7.94. The second-order valence-corrected chi connectivity index (χ2v) is 8.13. The van der Waals surface area contributed by atoms with Gasteiger partial charge in [-0.1, -0.05) is 30.7 Å². The van der Waals surface area contributed by atoms with Crippen LogP contribution in [0.25, 0.3) is 6.08 Å². The van der Waals surface area contributed by atoms with Gasteiger partial charge in [-0.25, -0.2) is 9.79 Å². The SMILES string of the molecule is CCCN1C(=O)/C(=C\c2ccc(OCC(=O)O)c(OCC)c2)SC1=Nc1ccc(C)cc1. The molecule has 0 spiro atoms. The third-order valence-corrected chi connectivity index (χ3v) is 5.52. The Morgan fingerprint density at radius 1 is 1.12 bits per heavy atom. The van der Waals surface area contributed by atoms with Crippen LogP contribution in [0, 0.1) is 6.92 Å². The third kappa shape index (κ3) is 5.91. The summed E-state index contributed by atoms with van der Waals surface area (Å²) in [7, 11) is 0. The first-order chi connectivity index (χ1) is 15.4. The second-order valence-electron chi connectivity index (χ2n) is 7.12. The molecule has 32 heavy (non-hydrogen) atoms. The van der Waals surface area contributed by atoms with Crippen LogP contribution < -0.4 is 9.47 Å². The molecule has 168 valence electrons. The molecule has 1 saturated heterocycles. The summed E-state index contributed by atoms with van der Waals surface area (Å²) in [5.41, 5.74) is 2.70. The lowest BCUT2D eigenvalue weighted by Crippen LogP contribution is -2.29. The maximum absolute atomic E-state index is 13.0. The largest absolute Gasteiger partial charge is 0.490 e. The average Bonchev–Trinajstić information content (AvgIpc) is 3.04. The van der Waals surface area contributed by atoms with Gasteiger partial charge in [-0.15, -0.1) is 0 Å². The second kappa shape index (κ2) is 10.9. The number of aryl methyl sites for hydroxylation is 1. The summed E-state index contributed by atoms with van der Waals surface area (Å²) in [6.07, 6.45) is 2.60. The van der Waals surface area contributed by atoms with Crippen LogP contribution in [0.5, 0.6) is 11.5 Å². The molecule has 1 amide bonds. The zero-order valence-electron chi connectivity index (χ0n) is 18.3. The fraction of sp³-hybridized carbons (Fsp3) is 0.292. The van der Waals surface area contributed by atoms with Crippen LogP contribution in [-0.4, -0.2) is 46.8 Å². The van der Waals surface area contributed by atoms with E-state index in [1.807, 2.05) is 45.0 Å². The minimum absolute atomic E-state index is 0.0909. The van der Waals surface area contributed by atoms with E-state index in [2.05, 4.69) is 4.99 Å². The standard InChI is InChI=1S/C24H26N2O5S/c1-4-12-26-23(29)21(32-24(26)25-18-9-6-16(3)7-10-18)14-17-8-11-19(31-15-22(27)28)20(13-17)30-5-2/h6-11,13-14H,4-5,12,15H2,1-3H3,(H,27,28)/b21-14+,25-24?. The molecule has 0 saturated carbocycles. The van der Waals surface area contributed by atoms with Crippen LogP contribution in [0.15, 0.2) is 52.4 Å². The molecule has 1 fully saturated rings. The summed E-state index contributed by atoms with van der Waals surface area (Å²) in [5.74, 6) is -0.386.